The van der Waals surface area contributed by atoms with Gasteiger partial charge in [-0.2, -0.15) is 0 Å². The number of ether oxygens (including phenoxy) is 2. The van der Waals surface area contributed by atoms with E-state index in [4.69, 9.17) is 15.2 Å². The Kier molecular flexibility index (Phi) is 3.14. The Morgan fingerprint density at radius 3 is 2.39 bits per heavy atom. The number of aromatic nitrogens is 2. The number of anilines is 1. The van der Waals surface area contributed by atoms with Crippen molar-refractivity contribution in [3.05, 3.63) is 23.4 Å². The molecule has 1 aromatic heterocycles. The molecular weight excluding hydrogens is 230 g/mol. The molecule has 5 nitrogen and oxygen atoms in total. The lowest BCUT2D eigenvalue weighted by molar-refractivity contribution is 0.399. The van der Waals surface area contributed by atoms with Crippen molar-refractivity contribution in [1.82, 2.24) is 9.97 Å². The Bertz CT molecular complexity index is 576. The molecule has 1 aromatic carbocycles. The number of rotatable bonds is 3. The van der Waals surface area contributed by atoms with Gasteiger partial charge in [0.15, 0.2) is 5.95 Å². The first-order valence-corrected chi connectivity index (χ1v) is 5.61. The van der Waals surface area contributed by atoms with E-state index in [0.717, 1.165) is 33.9 Å². The van der Waals surface area contributed by atoms with Crippen LogP contribution in [0.5, 0.6) is 11.5 Å². The number of hydrogen-bond acceptors (Lipinski definition) is 4. The van der Waals surface area contributed by atoms with E-state index >= 15 is 0 Å². The summed E-state index contributed by atoms with van der Waals surface area (Å²) in [7, 11) is 3.30. The first-order valence-electron chi connectivity index (χ1n) is 5.61. The van der Waals surface area contributed by atoms with Gasteiger partial charge in [0, 0.05) is 5.56 Å². The van der Waals surface area contributed by atoms with E-state index in [2.05, 4.69) is 9.97 Å². The Balaban J connectivity index is 2.69. The number of nitrogens with zero attached hydrogens (tertiary/aromatic N) is 1. The van der Waals surface area contributed by atoms with Crippen molar-refractivity contribution >= 4 is 5.95 Å². The highest BCUT2D eigenvalue weighted by molar-refractivity contribution is 5.73. The molecule has 0 radical (unpaired) electrons. The average Bonchev–Trinajstić information content (AvgIpc) is 2.79. The molecule has 2 rings (SSSR count). The number of benzene rings is 1. The van der Waals surface area contributed by atoms with Crippen LogP contribution in [-0.2, 0) is 0 Å². The van der Waals surface area contributed by atoms with Crippen LogP contribution in [0.2, 0.25) is 0 Å². The van der Waals surface area contributed by atoms with Crippen molar-refractivity contribution in [1.29, 1.82) is 0 Å². The van der Waals surface area contributed by atoms with E-state index in [1.54, 1.807) is 20.4 Å². The third-order valence-corrected chi connectivity index (χ3v) is 3.10. The first kappa shape index (κ1) is 12.3. The van der Waals surface area contributed by atoms with Crippen LogP contribution < -0.4 is 15.2 Å². The minimum Gasteiger partial charge on any atom is -0.496 e. The minimum atomic E-state index is 0.379. The Morgan fingerprint density at radius 2 is 1.89 bits per heavy atom. The largest absolute Gasteiger partial charge is 0.496 e. The topological polar surface area (TPSA) is 73.2 Å². The molecule has 0 fully saturated rings. The molecule has 0 saturated carbocycles. The maximum atomic E-state index is 5.61. The lowest BCUT2D eigenvalue weighted by Crippen LogP contribution is -1.98. The smallest absolute Gasteiger partial charge is 0.197 e. The zero-order valence-corrected chi connectivity index (χ0v) is 11.0. The summed E-state index contributed by atoms with van der Waals surface area (Å²) in [5, 5.41) is 0. The molecule has 96 valence electrons. The van der Waals surface area contributed by atoms with Gasteiger partial charge in [0.05, 0.1) is 26.1 Å². The third kappa shape index (κ3) is 1.88. The molecule has 0 amide bonds. The second kappa shape index (κ2) is 4.60. The maximum absolute atomic E-state index is 5.61. The monoisotopic (exact) mass is 247 g/mol. The highest BCUT2D eigenvalue weighted by Gasteiger charge is 2.16. The van der Waals surface area contributed by atoms with E-state index in [1.165, 1.54) is 0 Å². The van der Waals surface area contributed by atoms with E-state index in [9.17, 15) is 0 Å². The summed E-state index contributed by atoms with van der Waals surface area (Å²) in [5.41, 5.74) is 9.41. The number of hydrogen-bond donors (Lipinski definition) is 2. The fourth-order valence-electron chi connectivity index (χ4n) is 2.01. The van der Waals surface area contributed by atoms with E-state index < -0.39 is 0 Å². The molecule has 0 atom stereocenters. The fourth-order valence-corrected chi connectivity index (χ4v) is 2.01. The van der Waals surface area contributed by atoms with Crippen molar-refractivity contribution in [2.75, 3.05) is 20.0 Å². The van der Waals surface area contributed by atoms with Gasteiger partial charge in [0.1, 0.15) is 11.5 Å². The predicted molar refractivity (Wildman–Crippen MR) is 71.0 cm³/mol. The van der Waals surface area contributed by atoms with Gasteiger partial charge in [0.25, 0.3) is 0 Å². The Labute approximate surface area is 106 Å². The summed E-state index contributed by atoms with van der Waals surface area (Å²) in [6, 6.07) is 1.92. The highest BCUT2D eigenvalue weighted by atomic mass is 16.5. The second-order valence-corrected chi connectivity index (χ2v) is 4.09. The van der Waals surface area contributed by atoms with Gasteiger partial charge in [-0.15, -0.1) is 0 Å². The number of nitrogen functional groups attached to an aromatic ring is 1. The first-order chi connectivity index (χ1) is 8.58. The molecular formula is C13H17N3O2. The fraction of sp³-hybridized carbons (Fsp3) is 0.308. The van der Waals surface area contributed by atoms with Crippen LogP contribution in [0.3, 0.4) is 0 Å². The Morgan fingerprint density at radius 1 is 1.17 bits per heavy atom. The van der Waals surface area contributed by atoms with Crippen LogP contribution in [0.15, 0.2) is 12.3 Å². The number of methoxy groups -OCH3 is 2. The second-order valence-electron chi connectivity index (χ2n) is 4.09. The van der Waals surface area contributed by atoms with E-state index in [1.807, 2.05) is 19.9 Å². The summed E-state index contributed by atoms with van der Waals surface area (Å²) in [6.07, 6.45) is 1.68. The number of H-pyrrole nitrogens is 1. The van der Waals surface area contributed by atoms with Crippen LogP contribution in [0, 0.1) is 13.8 Å². The average molecular weight is 247 g/mol. The third-order valence-electron chi connectivity index (χ3n) is 3.10. The number of nitrogens with two attached hydrogens (primary N) is 1. The predicted octanol–water partition coefficient (Wildman–Crippen LogP) is 2.29. The van der Waals surface area contributed by atoms with Crippen LogP contribution >= 0.6 is 0 Å². The van der Waals surface area contributed by atoms with Crippen molar-refractivity contribution < 1.29 is 9.47 Å². The number of imidazole rings is 1. The summed E-state index contributed by atoms with van der Waals surface area (Å²) < 4.78 is 10.8. The lowest BCUT2D eigenvalue weighted by Gasteiger charge is -2.15. The van der Waals surface area contributed by atoms with Crippen molar-refractivity contribution in [3.63, 3.8) is 0 Å². The molecule has 18 heavy (non-hydrogen) atoms. The molecule has 3 N–H and O–H groups in total. The standard InChI is InChI=1S/C13H17N3O2/c1-7-8(2)12(18-4)9(5-11(7)17-3)10-6-15-13(14)16-10/h5-6H,1-4H3,(H3,14,15,16). The van der Waals surface area contributed by atoms with Crippen LogP contribution in [0.25, 0.3) is 11.3 Å². The highest BCUT2D eigenvalue weighted by Crippen LogP contribution is 2.38. The molecule has 1 heterocycles. The van der Waals surface area contributed by atoms with Gasteiger partial charge in [-0.1, -0.05) is 0 Å². The van der Waals surface area contributed by atoms with Crippen LogP contribution in [0.4, 0.5) is 5.95 Å². The summed E-state index contributed by atoms with van der Waals surface area (Å²) >= 11 is 0. The van der Waals surface area contributed by atoms with Crippen molar-refractivity contribution in [2.24, 2.45) is 0 Å². The van der Waals surface area contributed by atoms with Gasteiger partial charge in [-0.3, -0.25) is 0 Å². The normalized spacial score (nSPS) is 10.4. The molecule has 0 unspecified atom stereocenters. The molecule has 0 aliphatic rings. The van der Waals surface area contributed by atoms with Gasteiger partial charge in [-0.25, -0.2) is 4.98 Å². The lowest BCUT2D eigenvalue weighted by atomic mass is 10.0. The van der Waals surface area contributed by atoms with Gasteiger partial charge >= 0.3 is 0 Å². The zero-order chi connectivity index (χ0) is 13.3. The molecule has 0 aliphatic carbocycles. The molecule has 0 saturated heterocycles. The number of nitrogens with one attached hydrogen (secondary N) is 1. The quantitative estimate of drug-likeness (QED) is 0.872. The molecule has 0 spiro atoms. The minimum absolute atomic E-state index is 0.379. The van der Waals surface area contributed by atoms with E-state index in [-0.39, 0.29) is 0 Å². The van der Waals surface area contributed by atoms with Crippen LogP contribution in [0.1, 0.15) is 11.1 Å². The van der Waals surface area contributed by atoms with Gasteiger partial charge in [-0.05, 0) is 31.0 Å². The van der Waals surface area contributed by atoms with Gasteiger partial charge < -0.3 is 20.2 Å². The molecule has 0 bridgehead atoms. The molecule has 0 aliphatic heterocycles. The van der Waals surface area contributed by atoms with Crippen LogP contribution in [-0.4, -0.2) is 24.2 Å². The summed E-state index contributed by atoms with van der Waals surface area (Å²) in [5.74, 6) is 2.00. The maximum Gasteiger partial charge on any atom is 0.197 e. The van der Waals surface area contributed by atoms with Crippen molar-refractivity contribution in [2.45, 2.75) is 13.8 Å². The molecule has 5 heteroatoms. The molecule has 2 aromatic rings. The summed E-state index contributed by atoms with van der Waals surface area (Å²) in [6.45, 7) is 4.00. The van der Waals surface area contributed by atoms with Crippen molar-refractivity contribution in [3.8, 4) is 22.8 Å². The summed E-state index contributed by atoms with van der Waals surface area (Å²) in [4.78, 5) is 7.00. The SMILES string of the molecule is COc1cc(-c2cnc(N)[nH]2)c(OC)c(C)c1C. The van der Waals surface area contributed by atoms with Gasteiger partial charge in [0.2, 0.25) is 0 Å². The Hall–Kier alpha value is -2.17. The van der Waals surface area contributed by atoms with E-state index in [0.29, 0.717) is 5.95 Å². The number of aromatic amines is 1. The zero-order valence-electron chi connectivity index (χ0n) is 11.0.